The fraction of sp³-hybridized carbons (Fsp3) is 0.0323. The van der Waals surface area contributed by atoms with Crippen LogP contribution >= 0.6 is 23.1 Å². The molecular formula is C62H39BN2S2. The number of hydrogen-bond donors (Lipinski definition) is 0. The van der Waals surface area contributed by atoms with Crippen LogP contribution < -0.4 is 20.7 Å². The smallest absolute Gasteiger partial charge is 0.251 e. The number of anilines is 5. The fourth-order valence-corrected chi connectivity index (χ4v) is 14.6. The molecule has 2 atom stereocenters. The molecule has 15 rings (SSSR count). The van der Waals surface area contributed by atoms with Crippen molar-refractivity contribution in [2.24, 2.45) is 0 Å². The van der Waals surface area contributed by atoms with Gasteiger partial charge in [0.15, 0.2) is 0 Å². The molecule has 4 heterocycles. The molecule has 11 aromatic rings. The Morgan fingerprint density at radius 3 is 1.76 bits per heavy atom. The molecular weight excluding hydrogens is 848 g/mol. The third-order valence-corrected chi connectivity index (χ3v) is 17.2. The zero-order valence-corrected chi connectivity index (χ0v) is 37.9. The summed E-state index contributed by atoms with van der Waals surface area (Å²) in [5.74, 6) is 0.158. The van der Waals surface area contributed by atoms with E-state index < -0.39 is 0 Å². The van der Waals surface area contributed by atoms with Crippen LogP contribution in [0.15, 0.2) is 241 Å². The summed E-state index contributed by atoms with van der Waals surface area (Å²) in [4.78, 5) is 6.76. The van der Waals surface area contributed by atoms with E-state index in [0.29, 0.717) is 0 Å². The molecule has 67 heavy (non-hydrogen) atoms. The lowest BCUT2D eigenvalue weighted by Crippen LogP contribution is -2.57. The first-order chi connectivity index (χ1) is 33.3. The van der Waals surface area contributed by atoms with Crippen LogP contribution in [-0.2, 0) is 0 Å². The number of thiophene rings is 1. The van der Waals surface area contributed by atoms with Gasteiger partial charge < -0.3 is 9.80 Å². The molecule has 312 valence electrons. The normalized spacial score (nSPS) is 16.7. The number of hydrogen-bond acceptors (Lipinski definition) is 4. The molecule has 0 spiro atoms. The van der Waals surface area contributed by atoms with Crippen molar-refractivity contribution < 1.29 is 0 Å². The first kappa shape index (κ1) is 37.6. The third kappa shape index (κ3) is 5.35. The number of benzene rings is 10. The van der Waals surface area contributed by atoms with E-state index in [2.05, 4.69) is 234 Å². The topological polar surface area (TPSA) is 6.48 Å². The van der Waals surface area contributed by atoms with E-state index in [0.717, 1.165) is 0 Å². The van der Waals surface area contributed by atoms with Crippen molar-refractivity contribution in [3.8, 4) is 22.3 Å². The molecule has 0 fully saturated rings. The van der Waals surface area contributed by atoms with Gasteiger partial charge in [-0.3, -0.25) is 0 Å². The highest BCUT2D eigenvalue weighted by molar-refractivity contribution is 8.00. The molecule has 5 heteroatoms. The lowest BCUT2D eigenvalue weighted by molar-refractivity contribution is 0.789. The van der Waals surface area contributed by atoms with Crippen molar-refractivity contribution in [2.75, 3.05) is 9.80 Å². The third-order valence-electron chi connectivity index (χ3n) is 14.8. The molecule has 2 nitrogen and oxygen atoms in total. The van der Waals surface area contributed by atoms with Crippen molar-refractivity contribution in [1.82, 2.24) is 0 Å². The highest BCUT2D eigenvalue weighted by Crippen LogP contribution is 2.59. The molecule has 4 aliphatic rings. The molecule has 1 aliphatic carbocycles. The molecule has 3 aliphatic heterocycles. The van der Waals surface area contributed by atoms with Crippen molar-refractivity contribution in [1.29, 1.82) is 0 Å². The van der Waals surface area contributed by atoms with Crippen LogP contribution in [-0.4, -0.2) is 12.0 Å². The van der Waals surface area contributed by atoms with Crippen LogP contribution in [0.25, 0.3) is 64.0 Å². The van der Waals surface area contributed by atoms with Gasteiger partial charge in [0, 0.05) is 64.4 Å². The molecule has 2 unspecified atom stereocenters. The molecule has 0 N–H and O–H groups in total. The van der Waals surface area contributed by atoms with Gasteiger partial charge in [-0.2, -0.15) is 0 Å². The standard InChI is InChI=1S/C62H39BN2S2/c1-3-18-40(19-4-1)56-42-22-9-7-16-38(42)30-34-48(56)64-50-26-15-27-51-60(50)63(46-32-36-54-58(61(46)64)44-24-11-13-28-52(44)66-54)47-33-37-55-59(45-25-12-14-29-53(45)67-55)62(47)65(51)49-35-31-39-17-8-10-23-43(39)57(49)41-20-5-2-6-21-41/h1-37,54,58H. The monoisotopic (exact) mass is 886 g/mol. The first-order valence-electron chi connectivity index (χ1n) is 23.3. The average Bonchev–Trinajstić information content (AvgIpc) is 3.97. The number of fused-ring (bicyclic) bond motifs is 13. The van der Waals surface area contributed by atoms with Crippen molar-refractivity contribution in [3.63, 3.8) is 0 Å². The van der Waals surface area contributed by atoms with Gasteiger partial charge in [0.25, 0.3) is 6.71 Å². The lowest BCUT2D eigenvalue weighted by atomic mass is 9.32. The Balaban J connectivity index is 1.11. The summed E-state index contributed by atoms with van der Waals surface area (Å²) in [5.41, 5.74) is 17.9. The highest BCUT2D eigenvalue weighted by Gasteiger charge is 2.50. The Morgan fingerprint density at radius 2 is 1.04 bits per heavy atom. The van der Waals surface area contributed by atoms with Crippen LogP contribution in [0.5, 0.6) is 0 Å². The van der Waals surface area contributed by atoms with Gasteiger partial charge in [0.05, 0.1) is 17.1 Å². The summed E-state index contributed by atoms with van der Waals surface area (Å²) >= 11 is 3.92. The van der Waals surface area contributed by atoms with Crippen LogP contribution in [0.4, 0.5) is 28.4 Å². The second kappa shape index (κ2) is 14.5. The van der Waals surface area contributed by atoms with Gasteiger partial charge in [-0.05, 0) is 97.1 Å². The van der Waals surface area contributed by atoms with E-state index in [9.17, 15) is 0 Å². The zero-order valence-electron chi connectivity index (χ0n) is 36.3. The van der Waals surface area contributed by atoms with E-state index in [1.807, 2.05) is 23.1 Å². The predicted octanol–water partition coefficient (Wildman–Crippen LogP) is 15.9. The van der Waals surface area contributed by atoms with Crippen LogP contribution in [0.3, 0.4) is 0 Å². The molecule has 0 saturated heterocycles. The zero-order chi connectivity index (χ0) is 43.7. The summed E-state index contributed by atoms with van der Waals surface area (Å²) in [6.07, 6.45) is 5.05. The first-order valence-corrected chi connectivity index (χ1v) is 25.0. The Hall–Kier alpha value is -7.57. The quantitative estimate of drug-likeness (QED) is 0.163. The van der Waals surface area contributed by atoms with Crippen molar-refractivity contribution in [2.45, 2.75) is 16.1 Å². The van der Waals surface area contributed by atoms with E-state index in [1.165, 1.54) is 125 Å². The summed E-state index contributed by atoms with van der Waals surface area (Å²) in [6, 6.07) is 79.7. The van der Waals surface area contributed by atoms with Crippen LogP contribution in [0.2, 0.25) is 0 Å². The fourth-order valence-electron chi connectivity index (χ4n) is 12.1. The van der Waals surface area contributed by atoms with Gasteiger partial charge in [-0.25, -0.2) is 0 Å². The molecule has 0 radical (unpaired) electrons. The van der Waals surface area contributed by atoms with E-state index in [4.69, 9.17) is 0 Å². The number of nitrogens with zero attached hydrogens (tertiary/aromatic N) is 2. The Bertz CT molecular complexity index is 3950. The minimum absolute atomic E-state index is 0.0111. The van der Waals surface area contributed by atoms with Gasteiger partial charge in [0.1, 0.15) is 0 Å². The van der Waals surface area contributed by atoms with E-state index >= 15 is 0 Å². The minimum atomic E-state index is -0.0111. The highest BCUT2D eigenvalue weighted by atomic mass is 32.2. The van der Waals surface area contributed by atoms with E-state index in [1.54, 1.807) is 0 Å². The van der Waals surface area contributed by atoms with Crippen LogP contribution in [0.1, 0.15) is 11.5 Å². The lowest BCUT2D eigenvalue weighted by Gasteiger charge is -2.48. The molecule has 0 amide bonds. The predicted molar refractivity (Wildman–Crippen MR) is 288 cm³/mol. The van der Waals surface area contributed by atoms with Gasteiger partial charge >= 0.3 is 0 Å². The number of allylic oxidation sites excluding steroid dienone is 3. The Labute approximate surface area is 397 Å². The average molecular weight is 887 g/mol. The second-order valence-electron chi connectivity index (χ2n) is 18.2. The number of thioether (sulfide) groups is 1. The molecule has 1 aromatic heterocycles. The molecule has 10 aromatic carbocycles. The summed E-state index contributed by atoms with van der Waals surface area (Å²) < 4.78 is 2.62. The molecule has 0 bridgehead atoms. The number of rotatable bonds is 4. The largest absolute Gasteiger partial charge is 0.314 e. The maximum absolute atomic E-state index is 2.71. The van der Waals surface area contributed by atoms with Crippen molar-refractivity contribution >= 4 is 111 Å². The Kier molecular flexibility index (Phi) is 8.13. The maximum Gasteiger partial charge on any atom is 0.251 e. The summed E-state index contributed by atoms with van der Waals surface area (Å²) in [7, 11) is 0. The summed E-state index contributed by atoms with van der Waals surface area (Å²) in [6.45, 7) is -0.0111. The molecule has 0 saturated carbocycles. The maximum atomic E-state index is 2.71. The van der Waals surface area contributed by atoms with Crippen molar-refractivity contribution in [3.05, 3.63) is 241 Å². The van der Waals surface area contributed by atoms with Crippen LogP contribution in [0, 0.1) is 0 Å². The minimum Gasteiger partial charge on any atom is -0.314 e. The second-order valence-corrected chi connectivity index (χ2v) is 20.5. The summed E-state index contributed by atoms with van der Waals surface area (Å²) in [5, 5.41) is 7.88. The van der Waals surface area contributed by atoms with E-state index in [-0.39, 0.29) is 17.9 Å². The Morgan fingerprint density at radius 1 is 0.448 bits per heavy atom. The van der Waals surface area contributed by atoms with Gasteiger partial charge in [-0.15, -0.1) is 23.1 Å². The van der Waals surface area contributed by atoms with Gasteiger partial charge in [0.2, 0.25) is 0 Å². The SMILES string of the molecule is C1=CC2Sc3ccccc3C2C2=C1B1c3ccc4sc5ccccc5c4c3N(c3ccc4ccccc4c3-c3ccccc3)c3cccc(c31)N2c1ccc2ccccc2c1-c1ccccc1. The van der Waals surface area contributed by atoms with Gasteiger partial charge in [-0.1, -0.05) is 182 Å².